The summed E-state index contributed by atoms with van der Waals surface area (Å²) in [5.41, 5.74) is 0.285. The minimum atomic E-state index is 0.285. The van der Waals surface area contributed by atoms with E-state index in [2.05, 4.69) is 31.0 Å². The third kappa shape index (κ3) is 3.21. The van der Waals surface area contributed by atoms with E-state index in [-0.39, 0.29) is 5.54 Å². The summed E-state index contributed by atoms with van der Waals surface area (Å²) in [4.78, 5) is 2.76. The van der Waals surface area contributed by atoms with E-state index in [1.54, 1.807) is 0 Å². The van der Waals surface area contributed by atoms with Gasteiger partial charge < -0.3 is 5.32 Å². The first-order chi connectivity index (χ1) is 7.57. The average Bonchev–Trinajstić information content (AvgIpc) is 2.37. The molecule has 1 N–H and O–H groups in total. The molecule has 2 aliphatic rings. The molecule has 1 saturated carbocycles. The molecule has 0 spiro atoms. The van der Waals surface area contributed by atoms with Crippen LogP contribution in [0.4, 0.5) is 0 Å². The molecule has 2 fully saturated rings. The lowest BCUT2D eigenvalue weighted by Crippen LogP contribution is -2.50. The van der Waals surface area contributed by atoms with Crippen LogP contribution in [0, 0.1) is 0 Å². The standard InChI is InChI=1S/C14H28N2/c1-12-9-10-16(11-14(2,3)15-12)13-7-5-4-6-8-13/h12-13,15H,4-11H2,1-3H3. The van der Waals surface area contributed by atoms with E-state index in [1.165, 1.54) is 51.6 Å². The minimum absolute atomic E-state index is 0.285. The molecular weight excluding hydrogens is 196 g/mol. The van der Waals surface area contributed by atoms with Gasteiger partial charge in [0.1, 0.15) is 0 Å². The smallest absolute Gasteiger partial charge is 0.0254 e. The molecule has 16 heavy (non-hydrogen) atoms. The summed E-state index contributed by atoms with van der Waals surface area (Å²) >= 11 is 0. The minimum Gasteiger partial charge on any atom is -0.308 e. The maximum atomic E-state index is 3.75. The van der Waals surface area contributed by atoms with Crippen LogP contribution in [-0.4, -0.2) is 35.6 Å². The average molecular weight is 224 g/mol. The molecule has 1 saturated heterocycles. The predicted octanol–water partition coefficient (Wildman–Crippen LogP) is 2.78. The van der Waals surface area contributed by atoms with Crippen LogP contribution in [0.1, 0.15) is 59.3 Å². The summed E-state index contributed by atoms with van der Waals surface area (Å²) in [5.74, 6) is 0. The molecule has 1 aliphatic heterocycles. The zero-order valence-corrected chi connectivity index (χ0v) is 11.3. The summed E-state index contributed by atoms with van der Waals surface area (Å²) in [6.45, 7) is 9.55. The van der Waals surface area contributed by atoms with E-state index in [0.29, 0.717) is 6.04 Å². The van der Waals surface area contributed by atoms with Crippen molar-refractivity contribution in [3.8, 4) is 0 Å². The molecule has 0 bridgehead atoms. The highest BCUT2D eigenvalue weighted by atomic mass is 15.2. The van der Waals surface area contributed by atoms with Gasteiger partial charge in [0.05, 0.1) is 0 Å². The molecular formula is C14H28N2. The van der Waals surface area contributed by atoms with Gasteiger partial charge >= 0.3 is 0 Å². The second-order valence-electron chi connectivity index (χ2n) is 6.48. The highest BCUT2D eigenvalue weighted by Crippen LogP contribution is 2.25. The number of nitrogens with one attached hydrogen (secondary N) is 1. The van der Waals surface area contributed by atoms with E-state index in [1.807, 2.05) is 0 Å². The summed E-state index contributed by atoms with van der Waals surface area (Å²) in [7, 11) is 0. The summed E-state index contributed by atoms with van der Waals surface area (Å²) in [5, 5.41) is 3.75. The van der Waals surface area contributed by atoms with E-state index in [4.69, 9.17) is 0 Å². The Kier molecular flexibility index (Phi) is 3.91. The molecule has 0 aromatic rings. The van der Waals surface area contributed by atoms with Gasteiger partial charge in [-0.2, -0.15) is 0 Å². The monoisotopic (exact) mass is 224 g/mol. The van der Waals surface area contributed by atoms with Crippen molar-refractivity contribution >= 4 is 0 Å². The van der Waals surface area contributed by atoms with Crippen LogP contribution in [0.25, 0.3) is 0 Å². The van der Waals surface area contributed by atoms with Gasteiger partial charge in [-0.15, -0.1) is 0 Å². The first-order valence-corrected chi connectivity index (χ1v) is 7.08. The fourth-order valence-corrected chi connectivity index (χ4v) is 3.49. The van der Waals surface area contributed by atoms with Crippen LogP contribution < -0.4 is 5.32 Å². The third-order valence-corrected chi connectivity index (χ3v) is 4.18. The highest BCUT2D eigenvalue weighted by Gasteiger charge is 2.31. The molecule has 1 unspecified atom stereocenters. The van der Waals surface area contributed by atoms with Crippen molar-refractivity contribution in [2.45, 2.75) is 76.9 Å². The topological polar surface area (TPSA) is 15.3 Å². The summed E-state index contributed by atoms with van der Waals surface area (Å²) in [6.07, 6.45) is 8.53. The van der Waals surface area contributed by atoms with Gasteiger partial charge in [-0.1, -0.05) is 19.3 Å². The first kappa shape index (κ1) is 12.4. The quantitative estimate of drug-likeness (QED) is 0.737. The van der Waals surface area contributed by atoms with E-state index >= 15 is 0 Å². The van der Waals surface area contributed by atoms with Gasteiger partial charge in [-0.3, -0.25) is 4.90 Å². The van der Waals surface area contributed by atoms with Crippen LogP contribution in [0.15, 0.2) is 0 Å². The Morgan fingerprint density at radius 3 is 2.44 bits per heavy atom. The van der Waals surface area contributed by atoms with Gasteiger partial charge in [0.2, 0.25) is 0 Å². The maximum absolute atomic E-state index is 3.75. The Morgan fingerprint density at radius 2 is 1.75 bits per heavy atom. The zero-order valence-electron chi connectivity index (χ0n) is 11.3. The van der Waals surface area contributed by atoms with Crippen molar-refractivity contribution in [3.63, 3.8) is 0 Å². The normalized spacial score (nSPS) is 33.6. The van der Waals surface area contributed by atoms with Gasteiger partial charge in [0, 0.05) is 24.2 Å². The van der Waals surface area contributed by atoms with E-state index in [0.717, 1.165) is 6.04 Å². The SMILES string of the molecule is CC1CCN(C2CCCCC2)CC(C)(C)N1. The Balaban J connectivity index is 1.97. The lowest BCUT2D eigenvalue weighted by Gasteiger charge is -2.37. The van der Waals surface area contributed by atoms with Crippen LogP contribution in [0.3, 0.4) is 0 Å². The van der Waals surface area contributed by atoms with Crippen molar-refractivity contribution in [2.75, 3.05) is 13.1 Å². The number of hydrogen-bond acceptors (Lipinski definition) is 2. The van der Waals surface area contributed by atoms with Crippen LogP contribution in [-0.2, 0) is 0 Å². The molecule has 1 atom stereocenters. The van der Waals surface area contributed by atoms with Crippen LogP contribution >= 0.6 is 0 Å². The Hall–Kier alpha value is -0.0800. The Bertz CT molecular complexity index is 219. The highest BCUT2D eigenvalue weighted by molar-refractivity contribution is 4.91. The Morgan fingerprint density at radius 1 is 1.06 bits per heavy atom. The fourth-order valence-electron chi connectivity index (χ4n) is 3.49. The molecule has 2 rings (SSSR count). The molecule has 2 heteroatoms. The summed E-state index contributed by atoms with van der Waals surface area (Å²) in [6, 6.07) is 1.55. The zero-order chi connectivity index (χ0) is 11.6. The van der Waals surface area contributed by atoms with Crippen molar-refractivity contribution in [2.24, 2.45) is 0 Å². The molecule has 0 amide bonds. The lowest BCUT2D eigenvalue weighted by molar-refractivity contribution is 0.136. The van der Waals surface area contributed by atoms with Gasteiger partial charge in [-0.05, 0) is 46.6 Å². The molecule has 0 aromatic carbocycles. The van der Waals surface area contributed by atoms with Crippen LogP contribution in [0.5, 0.6) is 0 Å². The summed E-state index contributed by atoms with van der Waals surface area (Å²) < 4.78 is 0. The molecule has 2 nitrogen and oxygen atoms in total. The molecule has 1 heterocycles. The van der Waals surface area contributed by atoms with Gasteiger partial charge in [0.25, 0.3) is 0 Å². The van der Waals surface area contributed by atoms with Gasteiger partial charge in [0.15, 0.2) is 0 Å². The van der Waals surface area contributed by atoms with Crippen molar-refractivity contribution < 1.29 is 0 Å². The second kappa shape index (κ2) is 5.05. The predicted molar refractivity (Wildman–Crippen MR) is 69.7 cm³/mol. The number of nitrogens with zero attached hydrogens (tertiary/aromatic N) is 1. The third-order valence-electron chi connectivity index (χ3n) is 4.18. The lowest BCUT2D eigenvalue weighted by atomic mass is 9.93. The van der Waals surface area contributed by atoms with Crippen molar-refractivity contribution in [3.05, 3.63) is 0 Å². The molecule has 1 aliphatic carbocycles. The second-order valence-corrected chi connectivity index (χ2v) is 6.48. The van der Waals surface area contributed by atoms with Crippen LogP contribution in [0.2, 0.25) is 0 Å². The van der Waals surface area contributed by atoms with E-state index < -0.39 is 0 Å². The molecule has 94 valence electrons. The number of rotatable bonds is 1. The van der Waals surface area contributed by atoms with Crippen molar-refractivity contribution in [1.82, 2.24) is 10.2 Å². The van der Waals surface area contributed by atoms with E-state index in [9.17, 15) is 0 Å². The number of hydrogen-bond donors (Lipinski definition) is 1. The van der Waals surface area contributed by atoms with Gasteiger partial charge in [-0.25, -0.2) is 0 Å². The molecule has 0 aromatic heterocycles. The Labute approximate surface area is 101 Å². The first-order valence-electron chi connectivity index (χ1n) is 7.08. The maximum Gasteiger partial charge on any atom is 0.0254 e. The van der Waals surface area contributed by atoms with Crippen molar-refractivity contribution in [1.29, 1.82) is 0 Å². The fraction of sp³-hybridized carbons (Fsp3) is 1.00. The molecule has 0 radical (unpaired) electrons. The largest absolute Gasteiger partial charge is 0.308 e.